The minimum atomic E-state index is -1.15. The fourth-order valence-corrected chi connectivity index (χ4v) is 1.14. The van der Waals surface area contributed by atoms with Crippen LogP contribution in [0.15, 0.2) is 36.4 Å². The molecule has 0 saturated heterocycles. The summed E-state index contributed by atoms with van der Waals surface area (Å²) in [5.41, 5.74) is 0.208. The molecule has 0 aliphatic heterocycles. The highest BCUT2D eigenvalue weighted by Crippen LogP contribution is 2.20. The van der Waals surface area contributed by atoms with Crippen LogP contribution in [0.3, 0.4) is 0 Å². The van der Waals surface area contributed by atoms with Gasteiger partial charge >= 0.3 is 5.97 Å². The summed E-state index contributed by atoms with van der Waals surface area (Å²) in [6, 6.07) is 6.01. The molecule has 0 atom stereocenters. The molecule has 1 N–H and O–H groups in total. The Kier molecular flexibility index (Phi) is 3.17. The number of hydrogen-bond donors (Lipinski definition) is 1. The second kappa shape index (κ2) is 4.36. The highest BCUT2D eigenvalue weighted by molar-refractivity contribution is 5.86. The van der Waals surface area contributed by atoms with Crippen LogP contribution in [0.25, 0.3) is 0 Å². The van der Waals surface area contributed by atoms with E-state index < -0.39 is 10.9 Å². The van der Waals surface area contributed by atoms with Crippen LogP contribution in [0.2, 0.25) is 0 Å². The summed E-state index contributed by atoms with van der Waals surface area (Å²) in [5, 5.41) is 19.2. The molecular weight excluding hydrogens is 198 g/mol. The van der Waals surface area contributed by atoms with E-state index in [1.807, 2.05) is 0 Å². The minimum absolute atomic E-state index is 0.0213. The van der Waals surface area contributed by atoms with Gasteiger partial charge in [-0.1, -0.05) is 24.8 Å². The number of para-hydroxylation sites is 1. The zero-order valence-electron chi connectivity index (χ0n) is 7.84. The van der Waals surface area contributed by atoms with Gasteiger partial charge in [-0.25, -0.2) is 4.79 Å². The maximum Gasteiger partial charge on any atom is 0.331 e. The quantitative estimate of drug-likeness (QED) is 0.463. The first-order valence-corrected chi connectivity index (χ1v) is 4.15. The van der Waals surface area contributed by atoms with Gasteiger partial charge in [0.2, 0.25) is 0 Å². The average molecular weight is 207 g/mol. The predicted molar refractivity (Wildman–Crippen MR) is 53.6 cm³/mol. The SMILES string of the molecule is C=C(Cc1ccccc1[N+](=O)[O-])C(=O)O. The molecule has 5 heteroatoms. The van der Waals surface area contributed by atoms with E-state index in [2.05, 4.69) is 6.58 Å². The first-order valence-electron chi connectivity index (χ1n) is 4.15. The van der Waals surface area contributed by atoms with Crippen LogP contribution in [0.1, 0.15) is 5.56 Å². The monoisotopic (exact) mass is 207 g/mol. The number of nitro benzene ring substituents is 1. The van der Waals surface area contributed by atoms with Crippen molar-refractivity contribution < 1.29 is 14.8 Å². The zero-order chi connectivity index (χ0) is 11.4. The first kappa shape index (κ1) is 10.9. The predicted octanol–water partition coefficient (Wildman–Crippen LogP) is 1.78. The number of carboxylic acids is 1. The lowest BCUT2D eigenvalue weighted by molar-refractivity contribution is -0.385. The van der Waals surface area contributed by atoms with Gasteiger partial charge in [0.25, 0.3) is 5.69 Å². The Morgan fingerprint density at radius 2 is 2.07 bits per heavy atom. The van der Waals surface area contributed by atoms with Gasteiger partial charge in [0, 0.05) is 23.6 Å². The maximum atomic E-state index is 10.6. The van der Waals surface area contributed by atoms with E-state index in [0.29, 0.717) is 5.56 Å². The molecule has 1 rings (SSSR count). The Hall–Kier alpha value is -2.17. The fraction of sp³-hybridized carbons (Fsp3) is 0.100. The van der Waals surface area contributed by atoms with Crippen LogP contribution in [0, 0.1) is 10.1 Å². The molecule has 0 saturated carbocycles. The van der Waals surface area contributed by atoms with Gasteiger partial charge in [-0.15, -0.1) is 0 Å². The van der Waals surface area contributed by atoms with Crippen LogP contribution in [-0.2, 0) is 11.2 Å². The lowest BCUT2D eigenvalue weighted by Crippen LogP contribution is -2.04. The van der Waals surface area contributed by atoms with Crippen LogP contribution in [-0.4, -0.2) is 16.0 Å². The second-order valence-electron chi connectivity index (χ2n) is 2.97. The van der Waals surface area contributed by atoms with Crippen molar-refractivity contribution in [2.45, 2.75) is 6.42 Å². The lowest BCUT2D eigenvalue weighted by atomic mass is 10.0. The van der Waals surface area contributed by atoms with Crippen LogP contribution < -0.4 is 0 Å². The van der Waals surface area contributed by atoms with Crippen molar-refractivity contribution in [3.8, 4) is 0 Å². The van der Waals surface area contributed by atoms with Gasteiger partial charge < -0.3 is 5.11 Å². The molecule has 0 aromatic heterocycles. The van der Waals surface area contributed by atoms with Crippen molar-refractivity contribution in [1.29, 1.82) is 0 Å². The van der Waals surface area contributed by atoms with E-state index in [1.54, 1.807) is 6.07 Å². The van der Waals surface area contributed by atoms with E-state index in [4.69, 9.17) is 5.11 Å². The molecule has 0 heterocycles. The zero-order valence-corrected chi connectivity index (χ0v) is 7.84. The molecule has 5 nitrogen and oxygen atoms in total. The van der Waals surface area contributed by atoms with E-state index in [9.17, 15) is 14.9 Å². The Labute approximate surface area is 85.8 Å². The number of nitrogens with zero attached hydrogens (tertiary/aromatic N) is 1. The Morgan fingerprint density at radius 3 is 2.60 bits per heavy atom. The Morgan fingerprint density at radius 1 is 1.47 bits per heavy atom. The summed E-state index contributed by atoms with van der Waals surface area (Å²) >= 11 is 0. The average Bonchev–Trinajstić information content (AvgIpc) is 2.18. The summed E-state index contributed by atoms with van der Waals surface area (Å²) < 4.78 is 0. The first-order chi connectivity index (χ1) is 7.02. The largest absolute Gasteiger partial charge is 0.478 e. The molecule has 0 amide bonds. The summed E-state index contributed by atoms with van der Waals surface area (Å²) in [4.78, 5) is 20.6. The smallest absolute Gasteiger partial charge is 0.331 e. The molecular formula is C10H9NO4. The van der Waals surface area contributed by atoms with Crippen molar-refractivity contribution in [2.24, 2.45) is 0 Å². The van der Waals surface area contributed by atoms with Gasteiger partial charge in [-0.3, -0.25) is 10.1 Å². The Bertz CT molecular complexity index is 425. The number of nitro groups is 1. The highest BCUT2D eigenvalue weighted by atomic mass is 16.6. The van der Waals surface area contributed by atoms with Gasteiger partial charge in [-0.2, -0.15) is 0 Å². The summed E-state index contributed by atoms with van der Waals surface area (Å²) in [5.74, 6) is -1.15. The van der Waals surface area contributed by atoms with Crippen molar-refractivity contribution in [1.82, 2.24) is 0 Å². The molecule has 0 spiro atoms. The lowest BCUT2D eigenvalue weighted by Gasteiger charge is -2.01. The number of carbonyl (C=O) groups is 1. The van der Waals surface area contributed by atoms with E-state index in [0.717, 1.165) is 0 Å². The van der Waals surface area contributed by atoms with Crippen LogP contribution in [0.5, 0.6) is 0 Å². The number of hydrogen-bond acceptors (Lipinski definition) is 3. The third-order valence-corrected chi connectivity index (χ3v) is 1.89. The maximum absolute atomic E-state index is 10.6. The molecule has 1 aromatic carbocycles. The highest BCUT2D eigenvalue weighted by Gasteiger charge is 2.15. The third-order valence-electron chi connectivity index (χ3n) is 1.89. The van der Waals surface area contributed by atoms with Gasteiger partial charge in [0.05, 0.1) is 4.92 Å². The van der Waals surface area contributed by atoms with Crippen molar-refractivity contribution >= 4 is 11.7 Å². The number of benzene rings is 1. The molecule has 1 aromatic rings. The molecule has 15 heavy (non-hydrogen) atoms. The van der Waals surface area contributed by atoms with Gasteiger partial charge in [-0.05, 0) is 0 Å². The van der Waals surface area contributed by atoms with E-state index in [1.165, 1.54) is 18.2 Å². The molecule has 0 unspecified atom stereocenters. The van der Waals surface area contributed by atoms with E-state index in [-0.39, 0.29) is 17.7 Å². The summed E-state index contributed by atoms with van der Waals surface area (Å²) in [7, 11) is 0. The minimum Gasteiger partial charge on any atom is -0.478 e. The molecule has 0 bridgehead atoms. The van der Waals surface area contributed by atoms with Crippen LogP contribution >= 0.6 is 0 Å². The topological polar surface area (TPSA) is 80.4 Å². The fourth-order valence-electron chi connectivity index (χ4n) is 1.14. The van der Waals surface area contributed by atoms with Crippen molar-refractivity contribution in [3.05, 3.63) is 52.1 Å². The Balaban J connectivity index is 2.99. The number of carboxylic acid groups (broad SMARTS) is 1. The van der Waals surface area contributed by atoms with E-state index >= 15 is 0 Å². The second-order valence-corrected chi connectivity index (χ2v) is 2.97. The molecule has 78 valence electrons. The van der Waals surface area contributed by atoms with Crippen molar-refractivity contribution in [3.63, 3.8) is 0 Å². The normalized spacial score (nSPS) is 9.60. The third kappa shape index (κ3) is 2.63. The van der Waals surface area contributed by atoms with Crippen LogP contribution in [0.4, 0.5) is 5.69 Å². The molecule has 0 radical (unpaired) electrons. The summed E-state index contributed by atoms with van der Waals surface area (Å²) in [6.45, 7) is 3.33. The number of rotatable bonds is 4. The molecule has 0 aliphatic carbocycles. The summed E-state index contributed by atoms with van der Waals surface area (Å²) in [6.07, 6.45) is -0.0213. The molecule has 0 aliphatic rings. The van der Waals surface area contributed by atoms with Gasteiger partial charge in [0.15, 0.2) is 0 Å². The molecule has 0 fully saturated rings. The van der Waals surface area contributed by atoms with Gasteiger partial charge in [0.1, 0.15) is 0 Å². The standard InChI is InChI=1S/C10H9NO4/c1-7(10(12)13)6-8-4-2-3-5-9(8)11(14)15/h2-5H,1,6H2,(H,12,13). The van der Waals surface area contributed by atoms with Crippen molar-refractivity contribution in [2.75, 3.05) is 0 Å². The number of aliphatic carboxylic acids is 1.